The van der Waals surface area contributed by atoms with E-state index < -0.39 is 0 Å². The Bertz CT molecular complexity index is 1110. The number of carbonyl (C=O) groups excluding carboxylic acids is 1. The number of ether oxygens (including phenoxy) is 3. The molecule has 31 heavy (non-hydrogen) atoms. The van der Waals surface area contributed by atoms with Crippen molar-refractivity contribution in [3.8, 4) is 17.2 Å². The Kier molecular flexibility index (Phi) is 7.65. The van der Waals surface area contributed by atoms with E-state index in [1.165, 1.54) is 4.68 Å². The van der Waals surface area contributed by atoms with Gasteiger partial charge in [0.1, 0.15) is 6.61 Å². The summed E-state index contributed by atoms with van der Waals surface area (Å²) in [6.45, 7) is 6.71. The highest BCUT2D eigenvalue weighted by molar-refractivity contribution is 5.81. The second-order valence-corrected chi connectivity index (χ2v) is 7.21. The first-order valence-corrected chi connectivity index (χ1v) is 10.6. The number of hydrogen-bond donors (Lipinski definition) is 0. The molecule has 0 aliphatic heterocycles. The number of esters is 1. The van der Waals surface area contributed by atoms with E-state index in [4.69, 9.17) is 14.2 Å². The van der Waals surface area contributed by atoms with Crippen LogP contribution in [-0.4, -0.2) is 29.0 Å². The number of benzene rings is 2. The summed E-state index contributed by atoms with van der Waals surface area (Å²) in [5, 5.41) is 5.67. The molecule has 0 atom stereocenters. The summed E-state index contributed by atoms with van der Waals surface area (Å²) < 4.78 is 18.4. The smallest absolute Gasteiger partial charge is 0.311 e. The van der Waals surface area contributed by atoms with Crippen LogP contribution in [0.2, 0.25) is 0 Å². The highest BCUT2D eigenvalue weighted by atomic mass is 16.6. The number of aryl methyl sites for hydroxylation is 1. The maximum Gasteiger partial charge on any atom is 0.311 e. The summed E-state index contributed by atoms with van der Waals surface area (Å²) in [5.41, 5.74) is 0.903. The van der Waals surface area contributed by atoms with E-state index in [9.17, 15) is 9.59 Å². The van der Waals surface area contributed by atoms with Crippen molar-refractivity contribution in [1.29, 1.82) is 0 Å². The van der Waals surface area contributed by atoms with Crippen LogP contribution in [0.5, 0.6) is 17.2 Å². The maximum absolute atomic E-state index is 12.7. The molecule has 0 amide bonds. The molecule has 0 aliphatic carbocycles. The van der Waals surface area contributed by atoms with Gasteiger partial charge in [-0.15, -0.1) is 0 Å². The Balaban J connectivity index is 1.75. The predicted octanol–water partition coefficient (Wildman–Crippen LogP) is 4.28. The fourth-order valence-electron chi connectivity index (χ4n) is 3.17. The molecule has 0 saturated heterocycles. The zero-order valence-electron chi connectivity index (χ0n) is 18.2. The third-order valence-corrected chi connectivity index (χ3v) is 4.76. The Labute approximate surface area is 181 Å². The molecule has 0 radical (unpaired) electrons. The van der Waals surface area contributed by atoms with Gasteiger partial charge in [0.05, 0.1) is 24.7 Å². The first-order valence-electron chi connectivity index (χ1n) is 10.6. The van der Waals surface area contributed by atoms with Crippen molar-refractivity contribution in [2.24, 2.45) is 0 Å². The third kappa shape index (κ3) is 5.63. The number of hydrogen-bond acceptors (Lipinski definition) is 6. The number of unbranched alkanes of at least 4 members (excludes halogenated alkanes) is 1. The minimum Gasteiger partial charge on any atom is -0.490 e. The molecule has 2 aromatic carbocycles. The number of fused-ring (bicyclic) bond motifs is 1. The lowest BCUT2D eigenvalue weighted by Crippen LogP contribution is -2.25. The molecule has 1 heterocycles. The number of rotatable bonds is 10. The van der Waals surface area contributed by atoms with Crippen LogP contribution >= 0.6 is 0 Å². The number of para-hydroxylation sites is 1. The van der Waals surface area contributed by atoms with Crippen LogP contribution in [0.3, 0.4) is 0 Å². The zero-order chi connectivity index (χ0) is 22.2. The molecule has 0 aliphatic rings. The monoisotopic (exact) mass is 424 g/mol. The van der Waals surface area contributed by atoms with E-state index >= 15 is 0 Å². The Morgan fingerprint density at radius 2 is 1.87 bits per heavy atom. The molecule has 0 unspecified atom stereocenters. The van der Waals surface area contributed by atoms with Gasteiger partial charge in [0.15, 0.2) is 11.5 Å². The summed E-state index contributed by atoms with van der Waals surface area (Å²) in [6.07, 6.45) is 3.66. The molecule has 7 heteroatoms. The van der Waals surface area contributed by atoms with Crippen molar-refractivity contribution in [2.45, 2.75) is 46.6 Å². The number of aromatic nitrogens is 2. The van der Waals surface area contributed by atoms with E-state index in [0.717, 1.165) is 23.8 Å². The fourth-order valence-corrected chi connectivity index (χ4v) is 3.17. The van der Waals surface area contributed by atoms with Crippen molar-refractivity contribution in [2.75, 3.05) is 13.2 Å². The normalized spacial score (nSPS) is 10.8. The minimum atomic E-state index is -0.332. The van der Waals surface area contributed by atoms with Crippen LogP contribution in [0.1, 0.15) is 38.7 Å². The van der Waals surface area contributed by atoms with Gasteiger partial charge in [0, 0.05) is 11.8 Å². The summed E-state index contributed by atoms with van der Waals surface area (Å²) in [5.74, 6) is 0.766. The zero-order valence-corrected chi connectivity index (χ0v) is 18.2. The first kappa shape index (κ1) is 22.3. The highest BCUT2D eigenvalue weighted by Gasteiger charge is 2.16. The van der Waals surface area contributed by atoms with Gasteiger partial charge in [-0.05, 0) is 44.5 Å². The highest BCUT2D eigenvalue weighted by Crippen LogP contribution is 2.37. The lowest BCUT2D eigenvalue weighted by atomic mass is 10.1. The molecule has 3 aromatic rings. The molecule has 1 aromatic heterocycles. The molecule has 0 saturated carbocycles. The molecule has 3 rings (SSSR count). The maximum atomic E-state index is 12.7. The van der Waals surface area contributed by atoms with E-state index in [1.54, 1.807) is 24.4 Å². The Hall–Kier alpha value is -3.35. The fraction of sp³-hybridized carbons (Fsp3) is 0.375. The topological polar surface area (TPSA) is 79.7 Å². The predicted molar refractivity (Wildman–Crippen MR) is 119 cm³/mol. The SMILES string of the molecule is CCCCC(=O)Oc1c(OCC)cccc1OCCn1ncc2cc(C)ccc2c1=O. The number of nitrogens with zero attached hydrogens (tertiary/aromatic N) is 2. The standard InChI is InChI=1S/C24H28N2O5/c1-4-6-10-22(27)31-23-20(29-5-2)8-7-9-21(23)30-14-13-26-24(28)19-12-11-17(3)15-18(19)16-25-26/h7-9,11-12,15-16H,4-6,10,13-14H2,1-3H3. The molecular weight excluding hydrogens is 396 g/mol. The van der Waals surface area contributed by atoms with Crippen molar-refractivity contribution in [1.82, 2.24) is 9.78 Å². The lowest BCUT2D eigenvalue weighted by Gasteiger charge is -2.15. The van der Waals surface area contributed by atoms with Gasteiger partial charge in [0.2, 0.25) is 5.75 Å². The van der Waals surface area contributed by atoms with Gasteiger partial charge in [-0.3, -0.25) is 9.59 Å². The van der Waals surface area contributed by atoms with Gasteiger partial charge in [0.25, 0.3) is 5.56 Å². The van der Waals surface area contributed by atoms with Gasteiger partial charge >= 0.3 is 5.97 Å². The summed E-state index contributed by atoms with van der Waals surface area (Å²) >= 11 is 0. The third-order valence-electron chi connectivity index (χ3n) is 4.76. The van der Waals surface area contributed by atoms with Crippen LogP contribution in [0.15, 0.2) is 47.4 Å². The van der Waals surface area contributed by atoms with Gasteiger partial charge in [-0.2, -0.15) is 5.10 Å². The summed E-state index contributed by atoms with van der Waals surface area (Å²) in [4.78, 5) is 24.9. The average molecular weight is 424 g/mol. The lowest BCUT2D eigenvalue weighted by molar-refractivity contribution is -0.134. The minimum absolute atomic E-state index is 0.171. The molecule has 0 N–H and O–H groups in total. The van der Waals surface area contributed by atoms with Crippen LogP contribution in [0, 0.1) is 6.92 Å². The van der Waals surface area contributed by atoms with Crippen LogP contribution in [0.4, 0.5) is 0 Å². The van der Waals surface area contributed by atoms with Crippen molar-refractivity contribution in [3.63, 3.8) is 0 Å². The van der Waals surface area contributed by atoms with Crippen LogP contribution < -0.4 is 19.8 Å². The molecule has 7 nitrogen and oxygen atoms in total. The van der Waals surface area contributed by atoms with Crippen molar-refractivity contribution < 1.29 is 19.0 Å². The van der Waals surface area contributed by atoms with Gasteiger partial charge in [-0.25, -0.2) is 4.68 Å². The summed E-state index contributed by atoms with van der Waals surface area (Å²) in [6, 6.07) is 10.9. The average Bonchev–Trinajstić information content (AvgIpc) is 2.76. The molecule has 0 fully saturated rings. The Morgan fingerprint density at radius 1 is 1.10 bits per heavy atom. The second-order valence-electron chi connectivity index (χ2n) is 7.21. The number of carbonyl (C=O) groups is 1. The second kappa shape index (κ2) is 10.6. The Morgan fingerprint density at radius 3 is 2.61 bits per heavy atom. The van der Waals surface area contributed by atoms with Crippen LogP contribution in [-0.2, 0) is 11.3 Å². The van der Waals surface area contributed by atoms with Crippen molar-refractivity contribution >= 4 is 16.7 Å². The van der Waals surface area contributed by atoms with E-state index in [0.29, 0.717) is 29.9 Å². The molecule has 0 spiro atoms. The first-order chi connectivity index (χ1) is 15.0. The molecular formula is C24H28N2O5. The summed E-state index contributed by atoms with van der Waals surface area (Å²) in [7, 11) is 0. The van der Waals surface area contributed by atoms with Gasteiger partial charge < -0.3 is 14.2 Å². The van der Waals surface area contributed by atoms with E-state index in [-0.39, 0.29) is 30.4 Å². The molecule has 0 bridgehead atoms. The molecule has 164 valence electrons. The largest absolute Gasteiger partial charge is 0.490 e. The van der Waals surface area contributed by atoms with E-state index in [1.807, 2.05) is 39.0 Å². The van der Waals surface area contributed by atoms with Gasteiger partial charge in [-0.1, -0.05) is 31.0 Å². The van der Waals surface area contributed by atoms with Crippen molar-refractivity contribution in [3.05, 3.63) is 58.5 Å². The quantitative estimate of drug-likeness (QED) is 0.357. The van der Waals surface area contributed by atoms with E-state index in [2.05, 4.69) is 5.10 Å². The van der Waals surface area contributed by atoms with Crippen LogP contribution in [0.25, 0.3) is 10.8 Å².